The molecule has 0 aliphatic carbocycles. The van der Waals surface area contributed by atoms with Crippen molar-refractivity contribution in [2.45, 2.75) is 26.1 Å². The smallest absolute Gasteiger partial charge is 0.416 e. The van der Waals surface area contributed by atoms with Gasteiger partial charge in [0.15, 0.2) is 6.10 Å². The van der Waals surface area contributed by atoms with Crippen LogP contribution in [-0.4, -0.2) is 17.7 Å². The van der Waals surface area contributed by atoms with E-state index in [0.717, 1.165) is 17.7 Å². The Balaban J connectivity index is 1.54. The van der Waals surface area contributed by atoms with Crippen molar-refractivity contribution in [3.8, 4) is 17.2 Å². The first-order valence-corrected chi connectivity index (χ1v) is 9.74. The lowest BCUT2D eigenvalue weighted by Crippen LogP contribution is -2.33. The Morgan fingerprint density at radius 2 is 1.41 bits per heavy atom. The van der Waals surface area contributed by atoms with Crippen LogP contribution in [0.25, 0.3) is 0 Å². The monoisotopic (exact) mass is 442 g/mol. The lowest BCUT2D eigenvalue weighted by molar-refractivity contribution is -0.137. The summed E-state index contributed by atoms with van der Waals surface area (Å²) in [6, 6.07) is 20.2. The number of rotatable bonds is 7. The molecule has 1 unspecified atom stereocenters. The summed E-state index contributed by atoms with van der Waals surface area (Å²) in [5.41, 5.74) is 3.29. The second-order valence-corrected chi connectivity index (χ2v) is 6.89. The molecular formula is C24H21F3N2O3. The molecule has 1 amide bonds. The third kappa shape index (κ3) is 6.34. The van der Waals surface area contributed by atoms with Gasteiger partial charge in [-0.2, -0.15) is 18.3 Å². The molecule has 0 aliphatic rings. The van der Waals surface area contributed by atoms with Crippen molar-refractivity contribution in [3.63, 3.8) is 0 Å². The predicted molar refractivity (Wildman–Crippen MR) is 115 cm³/mol. The summed E-state index contributed by atoms with van der Waals surface area (Å²) in [5, 5.41) is 4.09. The van der Waals surface area contributed by atoms with E-state index in [-0.39, 0.29) is 5.75 Å². The second-order valence-electron chi connectivity index (χ2n) is 6.89. The molecule has 0 aromatic heterocycles. The summed E-state index contributed by atoms with van der Waals surface area (Å²) in [7, 11) is 0. The minimum absolute atomic E-state index is 0.270. The Morgan fingerprint density at radius 3 is 1.97 bits per heavy atom. The van der Waals surface area contributed by atoms with E-state index in [1.807, 2.05) is 30.3 Å². The number of benzene rings is 3. The van der Waals surface area contributed by atoms with Crippen LogP contribution in [0.2, 0.25) is 0 Å². The number of ether oxygens (including phenoxy) is 2. The van der Waals surface area contributed by atoms with Gasteiger partial charge in [-0.3, -0.25) is 4.79 Å². The van der Waals surface area contributed by atoms with Crippen molar-refractivity contribution >= 4 is 11.6 Å². The van der Waals surface area contributed by atoms with Crippen molar-refractivity contribution in [1.82, 2.24) is 5.43 Å². The fourth-order valence-corrected chi connectivity index (χ4v) is 2.67. The van der Waals surface area contributed by atoms with Gasteiger partial charge in [0.1, 0.15) is 17.2 Å². The molecule has 3 rings (SSSR count). The van der Waals surface area contributed by atoms with E-state index in [4.69, 9.17) is 9.47 Å². The van der Waals surface area contributed by atoms with Crippen LogP contribution in [0.3, 0.4) is 0 Å². The second kappa shape index (κ2) is 10.00. The van der Waals surface area contributed by atoms with Gasteiger partial charge in [0.05, 0.1) is 11.3 Å². The molecule has 1 N–H and O–H groups in total. The summed E-state index contributed by atoms with van der Waals surface area (Å²) in [5.74, 6) is 0.699. The molecule has 0 aliphatic heterocycles. The van der Waals surface area contributed by atoms with Crippen LogP contribution in [0, 0.1) is 0 Å². The molecule has 3 aromatic carbocycles. The fraction of sp³-hybridized carbons (Fsp3) is 0.167. The van der Waals surface area contributed by atoms with E-state index in [2.05, 4.69) is 10.5 Å². The molecule has 3 aromatic rings. The first-order chi connectivity index (χ1) is 15.2. The summed E-state index contributed by atoms with van der Waals surface area (Å²) < 4.78 is 49.0. The lowest BCUT2D eigenvalue weighted by atomic mass is 10.1. The highest BCUT2D eigenvalue weighted by Crippen LogP contribution is 2.31. The minimum Gasteiger partial charge on any atom is -0.481 e. The number of hydrogen-bond acceptors (Lipinski definition) is 4. The summed E-state index contributed by atoms with van der Waals surface area (Å²) in [6.45, 7) is 3.38. The van der Waals surface area contributed by atoms with Crippen LogP contribution >= 0.6 is 0 Å². The predicted octanol–water partition coefficient (Wildman–Crippen LogP) is 5.81. The van der Waals surface area contributed by atoms with E-state index in [1.165, 1.54) is 12.1 Å². The maximum atomic E-state index is 12.6. The van der Waals surface area contributed by atoms with E-state index >= 15 is 0 Å². The van der Waals surface area contributed by atoms with Crippen LogP contribution in [0.4, 0.5) is 13.2 Å². The molecule has 0 spiro atoms. The highest BCUT2D eigenvalue weighted by molar-refractivity contribution is 5.99. The summed E-state index contributed by atoms with van der Waals surface area (Å²) in [4.78, 5) is 12.2. The Hall–Kier alpha value is -3.81. The van der Waals surface area contributed by atoms with Gasteiger partial charge >= 0.3 is 6.18 Å². The molecule has 0 saturated heterocycles. The van der Waals surface area contributed by atoms with Crippen molar-refractivity contribution in [1.29, 1.82) is 0 Å². The summed E-state index contributed by atoms with van der Waals surface area (Å²) >= 11 is 0. The maximum Gasteiger partial charge on any atom is 0.416 e. The molecule has 166 valence electrons. The quantitative estimate of drug-likeness (QED) is 0.371. The van der Waals surface area contributed by atoms with E-state index in [9.17, 15) is 18.0 Å². The standard InChI is InChI=1S/C24H21F3N2O3/c1-16(18-6-4-3-5-7-18)28-29-23(30)17(2)31-20-12-14-22(15-13-20)32-21-10-8-19(9-11-21)24(25,26)27/h3-15,17H,1-2H3,(H,29,30)/b28-16-. The van der Waals surface area contributed by atoms with Gasteiger partial charge in [0.2, 0.25) is 0 Å². The van der Waals surface area contributed by atoms with E-state index in [1.54, 1.807) is 38.1 Å². The number of hydrazone groups is 1. The van der Waals surface area contributed by atoms with Gasteiger partial charge in [0.25, 0.3) is 5.91 Å². The Morgan fingerprint density at radius 1 is 0.875 bits per heavy atom. The normalized spacial score (nSPS) is 12.7. The maximum absolute atomic E-state index is 12.6. The third-order valence-corrected chi connectivity index (χ3v) is 4.45. The van der Waals surface area contributed by atoms with Crippen molar-refractivity contribution in [2.24, 2.45) is 5.10 Å². The highest BCUT2D eigenvalue weighted by atomic mass is 19.4. The largest absolute Gasteiger partial charge is 0.481 e. The fourth-order valence-electron chi connectivity index (χ4n) is 2.67. The number of carbonyl (C=O) groups is 1. The number of nitrogens with one attached hydrogen (secondary N) is 1. The van der Waals surface area contributed by atoms with Crippen LogP contribution in [0.1, 0.15) is 25.0 Å². The first-order valence-electron chi connectivity index (χ1n) is 9.74. The molecule has 8 heteroatoms. The van der Waals surface area contributed by atoms with Crippen LogP contribution in [-0.2, 0) is 11.0 Å². The number of hydrogen-bond donors (Lipinski definition) is 1. The third-order valence-electron chi connectivity index (χ3n) is 4.45. The zero-order valence-corrected chi connectivity index (χ0v) is 17.4. The molecule has 0 saturated carbocycles. The van der Waals surface area contributed by atoms with Crippen LogP contribution in [0.15, 0.2) is 84.0 Å². The zero-order valence-electron chi connectivity index (χ0n) is 17.4. The molecule has 32 heavy (non-hydrogen) atoms. The Labute approximate surface area is 183 Å². The van der Waals surface area contributed by atoms with Gasteiger partial charge < -0.3 is 9.47 Å². The lowest BCUT2D eigenvalue weighted by Gasteiger charge is -2.14. The molecule has 5 nitrogen and oxygen atoms in total. The van der Waals surface area contributed by atoms with E-state index in [0.29, 0.717) is 17.2 Å². The van der Waals surface area contributed by atoms with Gasteiger partial charge in [-0.05, 0) is 67.9 Å². The molecule has 0 fully saturated rings. The van der Waals surface area contributed by atoms with Crippen molar-refractivity contribution in [3.05, 3.63) is 90.0 Å². The van der Waals surface area contributed by atoms with E-state index < -0.39 is 23.8 Å². The minimum atomic E-state index is -4.40. The van der Waals surface area contributed by atoms with Gasteiger partial charge in [-0.15, -0.1) is 0 Å². The van der Waals surface area contributed by atoms with Gasteiger partial charge in [0, 0.05) is 0 Å². The number of amides is 1. The number of halogens is 3. The molecule has 0 heterocycles. The van der Waals surface area contributed by atoms with Gasteiger partial charge in [-0.25, -0.2) is 5.43 Å². The van der Waals surface area contributed by atoms with Crippen LogP contribution in [0.5, 0.6) is 17.2 Å². The topological polar surface area (TPSA) is 59.9 Å². The Kier molecular flexibility index (Phi) is 7.14. The van der Waals surface area contributed by atoms with Crippen molar-refractivity contribution < 1.29 is 27.4 Å². The zero-order chi connectivity index (χ0) is 23.1. The molecule has 1 atom stereocenters. The Bertz CT molecular complexity index is 1060. The van der Waals surface area contributed by atoms with Gasteiger partial charge in [-0.1, -0.05) is 30.3 Å². The average molecular weight is 442 g/mol. The van der Waals surface area contributed by atoms with Crippen LogP contribution < -0.4 is 14.9 Å². The first kappa shape index (κ1) is 22.9. The number of carbonyl (C=O) groups excluding carboxylic acids is 1. The number of nitrogens with zero attached hydrogens (tertiary/aromatic N) is 1. The summed E-state index contributed by atoms with van der Waals surface area (Å²) in [6.07, 6.45) is -5.20. The number of alkyl halides is 3. The SMILES string of the molecule is C/C(=N/NC(=O)C(C)Oc1ccc(Oc2ccc(C(F)(F)F)cc2)cc1)c1ccccc1. The highest BCUT2D eigenvalue weighted by Gasteiger charge is 2.30. The van der Waals surface area contributed by atoms with Crippen molar-refractivity contribution in [2.75, 3.05) is 0 Å². The average Bonchev–Trinajstić information content (AvgIpc) is 2.79. The molecule has 0 radical (unpaired) electrons. The molecule has 0 bridgehead atoms. The molecular weight excluding hydrogens is 421 g/mol.